The summed E-state index contributed by atoms with van der Waals surface area (Å²) in [5.74, 6) is 7.20. The van der Waals surface area contributed by atoms with Gasteiger partial charge in [0.1, 0.15) is 0 Å². The average Bonchev–Trinajstić information content (AvgIpc) is 3.22. The van der Waals surface area contributed by atoms with E-state index in [0.717, 1.165) is 42.9 Å². The molecule has 11 heteroatoms. The molecule has 1 aliphatic rings. The van der Waals surface area contributed by atoms with Gasteiger partial charge in [0.05, 0.1) is 12.1 Å². The summed E-state index contributed by atoms with van der Waals surface area (Å²) in [6, 6.07) is 2.99. The molecule has 0 aliphatic carbocycles. The first kappa shape index (κ1) is 18.6. The summed E-state index contributed by atoms with van der Waals surface area (Å²) in [7, 11) is 0. The minimum Gasteiger partial charge on any atom is -0.431 e. The fraction of sp³-hybridized carbons (Fsp3) is 0.333. The maximum absolute atomic E-state index is 13.1. The number of nitrogens with two attached hydrogens (primary N) is 2. The topological polar surface area (TPSA) is 126 Å². The Balaban J connectivity index is 0.00000196. The molecule has 0 unspecified atom stereocenters. The second kappa shape index (κ2) is 7.60. The first-order valence-electron chi connectivity index (χ1n) is 7.94. The first-order chi connectivity index (χ1) is 12.1. The quantitative estimate of drug-likeness (QED) is 0.297. The van der Waals surface area contributed by atoms with Gasteiger partial charge in [-0.15, -0.1) is 5.10 Å². The van der Waals surface area contributed by atoms with Gasteiger partial charge < -0.3 is 21.5 Å². The molecule has 0 radical (unpaired) electrons. The van der Waals surface area contributed by atoms with Crippen molar-refractivity contribution in [1.29, 1.82) is 0 Å². The second-order valence-electron chi connectivity index (χ2n) is 6.01. The summed E-state index contributed by atoms with van der Waals surface area (Å²) in [5.41, 5.74) is 7.14. The normalized spacial score (nSPS) is 15.0. The van der Waals surface area contributed by atoms with E-state index in [1.165, 1.54) is 17.1 Å². The van der Waals surface area contributed by atoms with Crippen molar-refractivity contribution in [2.75, 3.05) is 29.6 Å². The Hall–Kier alpha value is -2.17. The molecule has 3 aromatic heterocycles. The van der Waals surface area contributed by atoms with Crippen LogP contribution in [0.2, 0.25) is 0 Å². The molecule has 4 heterocycles. The van der Waals surface area contributed by atoms with E-state index in [9.17, 15) is 4.39 Å². The van der Waals surface area contributed by atoms with Gasteiger partial charge in [0.15, 0.2) is 5.82 Å². The van der Waals surface area contributed by atoms with Crippen LogP contribution in [0.1, 0.15) is 24.6 Å². The van der Waals surface area contributed by atoms with Gasteiger partial charge >= 0.3 is 29.6 Å². The third-order valence-electron chi connectivity index (χ3n) is 4.39. The molecule has 26 heavy (non-hydrogen) atoms. The van der Waals surface area contributed by atoms with Crippen LogP contribution in [0.4, 0.5) is 16.2 Å². The Labute approximate surface area is 171 Å². The van der Waals surface area contributed by atoms with Gasteiger partial charge in [0, 0.05) is 42.2 Å². The molecule has 0 amide bonds. The van der Waals surface area contributed by atoms with Crippen molar-refractivity contribution in [3.63, 3.8) is 0 Å². The largest absolute Gasteiger partial charge is 1.00 e. The third kappa shape index (κ3) is 3.67. The Kier molecular flexibility index (Phi) is 5.44. The number of halogens is 1. The predicted octanol–water partition coefficient (Wildman–Crippen LogP) is -2.48. The molecule has 0 saturated carbocycles. The van der Waals surface area contributed by atoms with Crippen LogP contribution in [0, 0.1) is 5.95 Å². The molecule has 9 nitrogen and oxygen atoms in total. The third-order valence-corrected chi connectivity index (χ3v) is 4.39. The zero-order valence-electron chi connectivity index (χ0n) is 14.4. The van der Waals surface area contributed by atoms with Gasteiger partial charge in [-0.1, -0.05) is 0 Å². The van der Waals surface area contributed by atoms with Gasteiger partial charge in [0.25, 0.3) is 0 Å². The average molecular weight is 365 g/mol. The summed E-state index contributed by atoms with van der Waals surface area (Å²) >= 11 is 0. The molecule has 0 spiro atoms. The fourth-order valence-electron chi connectivity index (χ4n) is 3.14. The van der Waals surface area contributed by atoms with Gasteiger partial charge in [-0.05, 0) is 25.0 Å². The summed E-state index contributed by atoms with van der Waals surface area (Å²) in [4.78, 5) is 11.3. The molecule has 0 atom stereocenters. The number of nitrogen functional groups attached to an aromatic ring is 2. The monoisotopic (exact) mass is 365 g/mol. The SMILES string of the molecule is Nc1nnc(C2CCN(c3nn(N)cc3-c3ccc(F)nc3)CC2)[n-]1.[Na+]. The fourth-order valence-corrected chi connectivity index (χ4v) is 3.14. The van der Waals surface area contributed by atoms with Crippen molar-refractivity contribution in [3.8, 4) is 11.1 Å². The number of piperidine rings is 1. The number of rotatable bonds is 3. The van der Waals surface area contributed by atoms with Crippen molar-refractivity contribution in [2.45, 2.75) is 18.8 Å². The van der Waals surface area contributed by atoms with Crippen molar-refractivity contribution >= 4 is 11.8 Å². The van der Waals surface area contributed by atoms with Crippen LogP contribution in [0.15, 0.2) is 24.5 Å². The maximum Gasteiger partial charge on any atom is 1.00 e. The van der Waals surface area contributed by atoms with E-state index in [1.807, 2.05) is 0 Å². The van der Waals surface area contributed by atoms with Gasteiger partial charge in [-0.3, -0.25) is 10.2 Å². The molecule has 0 aromatic carbocycles. The van der Waals surface area contributed by atoms with E-state index in [0.29, 0.717) is 5.82 Å². The second-order valence-corrected chi connectivity index (χ2v) is 6.01. The molecule has 3 aromatic rings. The molecular formula is C15H17FN9Na. The van der Waals surface area contributed by atoms with E-state index in [-0.39, 0.29) is 41.4 Å². The maximum atomic E-state index is 13.1. The van der Waals surface area contributed by atoms with Gasteiger partial charge in [-0.25, -0.2) is 4.98 Å². The standard InChI is InChI=1S/C15H17FN9.Na/c16-12-2-1-10(7-19-12)11-8-25(18)23-14(11)24-5-3-9(4-6-24)13-20-15(17)22-21-13;/h1-2,7-9H,3-6,18H2,(H2-,17,20,21,22);/q-1;+1. The van der Waals surface area contributed by atoms with E-state index < -0.39 is 5.95 Å². The Morgan fingerprint density at radius 1 is 1.19 bits per heavy atom. The van der Waals surface area contributed by atoms with Crippen LogP contribution >= 0.6 is 0 Å². The molecule has 1 fully saturated rings. The van der Waals surface area contributed by atoms with Crippen LogP contribution in [0.5, 0.6) is 0 Å². The van der Waals surface area contributed by atoms with Crippen LogP contribution in [0.3, 0.4) is 0 Å². The van der Waals surface area contributed by atoms with Crippen molar-refractivity contribution in [1.82, 2.24) is 30.1 Å². The molecule has 0 bridgehead atoms. The number of aromatic nitrogens is 6. The Morgan fingerprint density at radius 3 is 2.58 bits per heavy atom. The number of hydrogen-bond donors (Lipinski definition) is 2. The van der Waals surface area contributed by atoms with Gasteiger partial charge in [-0.2, -0.15) is 9.18 Å². The molecule has 1 aliphatic heterocycles. The summed E-state index contributed by atoms with van der Waals surface area (Å²) in [6.07, 6.45) is 4.92. The number of pyridine rings is 1. The smallest absolute Gasteiger partial charge is 0.431 e. The zero-order valence-corrected chi connectivity index (χ0v) is 16.4. The van der Waals surface area contributed by atoms with Gasteiger partial charge in [0.2, 0.25) is 5.95 Å². The number of anilines is 2. The Bertz CT molecular complexity index is 868. The number of nitrogens with zero attached hydrogens (tertiary/aromatic N) is 7. The van der Waals surface area contributed by atoms with E-state index in [1.54, 1.807) is 12.3 Å². The summed E-state index contributed by atoms with van der Waals surface area (Å²) in [6.45, 7) is 1.55. The molecule has 4 rings (SSSR count). The molecule has 4 N–H and O–H groups in total. The van der Waals surface area contributed by atoms with E-state index >= 15 is 0 Å². The summed E-state index contributed by atoms with van der Waals surface area (Å²) < 4.78 is 13.1. The van der Waals surface area contributed by atoms with Crippen LogP contribution < -0.4 is 51.0 Å². The van der Waals surface area contributed by atoms with E-state index in [4.69, 9.17) is 11.6 Å². The van der Waals surface area contributed by atoms with Crippen molar-refractivity contribution in [2.24, 2.45) is 0 Å². The van der Waals surface area contributed by atoms with E-state index in [2.05, 4.69) is 30.2 Å². The summed E-state index contributed by atoms with van der Waals surface area (Å²) in [5, 5.41) is 12.2. The van der Waals surface area contributed by atoms with Crippen LogP contribution in [-0.2, 0) is 0 Å². The molecular weight excluding hydrogens is 348 g/mol. The van der Waals surface area contributed by atoms with Crippen molar-refractivity contribution < 1.29 is 33.9 Å². The molecule has 130 valence electrons. The zero-order chi connectivity index (χ0) is 17.4. The predicted molar refractivity (Wildman–Crippen MR) is 89.5 cm³/mol. The van der Waals surface area contributed by atoms with Crippen molar-refractivity contribution in [3.05, 3.63) is 36.3 Å². The minimum absolute atomic E-state index is 0. The Morgan fingerprint density at radius 2 is 1.96 bits per heavy atom. The van der Waals surface area contributed by atoms with Crippen LogP contribution in [-0.4, -0.2) is 38.2 Å². The first-order valence-corrected chi connectivity index (χ1v) is 7.94. The molecule has 1 saturated heterocycles. The van der Waals surface area contributed by atoms with Crippen LogP contribution in [0.25, 0.3) is 11.1 Å². The number of hydrogen-bond acceptors (Lipinski definition) is 7. The minimum atomic E-state index is -0.520.